The number of carbonyl (C=O) groups excluding carboxylic acids is 2. The highest BCUT2D eigenvalue weighted by Crippen LogP contribution is 2.36. The van der Waals surface area contributed by atoms with Gasteiger partial charge in [-0.1, -0.05) is 18.2 Å². The second kappa shape index (κ2) is 6.97. The molecule has 1 heterocycles. The molecule has 140 valence electrons. The molecule has 0 saturated carbocycles. The van der Waals surface area contributed by atoms with Crippen LogP contribution in [0.15, 0.2) is 54.6 Å². The number of aromatic nitrogens is 1. The minimum atomic E-state index is -0.388. The van der Waals surface area contributed by atoms with E-state index in [-0.39, 0.29) is 5.97 Å². The van der Waals surface area contributed by atoms with Gasteiger partial charge in [-0.2, -0.15) is 0 Å². The van der Waals surface area contributed by atoms with Gasteiger partial charge in [-0.05, 0) is 68.3 Å². The summed E-state index contributed by atoms with van der Waals surface area (Å²) in [7, 11) is 0. The van der Waals surface area contributed by atoms with E-state index in [0.717, 1.165) is 45.8 Å². The van der Waals surface area contributed by atoms with Crippen molar-refractivity contribution in [2.24, 2.45) is 0 Å². The molecule has 4 aromatic rings. The van der Waals surface area contributed by atoms with E-state index in [0.29, 0.717) is 16.9 Å². The summed E-state index contributed by atoms with van der Waals surface area (Å²) in [5.41, 5.74) is 5.38. The maximum absolute atomic E-state index is 12.4. The summed E-state index contributed by atoms with van der Waals surface area (Å²) in [6, 6.07) is 16.6. The van der Waals surface area contributed by atoms with Gasteiger partial charge in [0, 0.05) is 28.4 Å². The van der Waals surface area contributed by atoms with Crippen LogP contribution < -0.4 is 4.74 Å². The first-order chi connectivity index (χ1) is 13.5. The molecular weight excluding hydrogens is 350 g/mol. The zero-order valence-corrected chi connectivity index (χ0v) is 16.2. The lowest BCUT2D eigenvalue weighted by Crippen LogP contribution is -2.08. The lowest BCUT2D eigenvalue weighted by atomic mass is 9.99. The Balaban J connectivity index is 1.91. The molecule has 0 aliphatic heterocycles. The van der Waals surface area contributed by atoms with E-state index in [2.05, 4.69) is 11.5 Å². The van der Waals surface area contributed by atoms with Crippen molar-refractivity contribution >= 4 is 34.1 Å². The number of aldehydes is 1. The normalized spacial score (nSPS) is 11.1. The smallest absolute Gasteiger partial charge is 0.343 e. The van der Waals surface area contributed by atoms with Crippen LogP contribution in [-0.4, -0.2) is 16.8 Å². The van der Waals surface area contributed by atoms with E-state index in [1.54, 1.807) is 12.1 Å². The number of fused-ring (bicyclic) bond motifs is 3. The van der Waals surface area contributed by atoms with Crippen molar-refractivity contribution in [3.8, 4) is 5.75 Å². The van der Waals surface area contributed by atoms with E-state index in [1.165, 1.54) is 0 Å². The van der Waals surface area contributed by atoms with Crippen LogP contribution in [0, 0.1) is 13.8 Å². The third-order valence-corrected chi connectivity index (χ3v) is 5.25. The zero-order valence-electron chi connectivity index (χ0n) is 16.2. The molecule has 0 N–H and O–H groups in total. The Morgan fingerprint density at radius 3 is 2.50 bits per heavy atom. The molecule has 28 heavy (non-hydrogen) atoms. The average Bonchev–Trinajstić information content (AvgIpc) is 3.05. The van der Waals surface area contributed by atoms with Gasteiger partial charge < -0.3 is 9.30 Å². The fourth-order valence-electron chi connectivity index (χ4n) is 3.93. The summed E-state index contributed by atoms with van der Waals surface area (Å²) < 4.78 is 7.85. The number of esters is 1. The molecule has 3 aromatic carbocycles. The molecule has 0 saturated heterocycles. The molecule has 1 aromatic heterocycles. The summed E-state index contributed by atoms with van der Waals surface area (Å²) in [5.74, 6) is 0.103. The Hall–Kier alpha value is -3.40. The van der Waals surface area contributed by atoms with Crippen LogP contribution in [0.5, 0.6) is 5.75 Å². The molecule has 4 rings (SSSR count). The Labute approximate surface area is 163 Å². The molecule has 0 amide bonds. The molecule has 0 radical (unpaired) electrons. The molecule has 0 aliphatic carbocycles. The van der Waals surface area contributed by atoms with Gasteiger partial charge in [0.05, 0.1) is 11.1 Å². The molecular formula is C24H21NO3. The molecule has 0 spiro atoms. The van der Waals surface area contributed by atoms with E-state index in [1.807, 2.05) is 56.3 Å². The lowest BCUT2D eigenvalue weighted by Gasteiger charge is -2.08. The van der Waals surface area contributed by atoms with Crippen molar-refractivity contribution in [1.29, 1.82) is 0 Å². The SMILES string of the molecule is CCn1c2ccc(OC(=O)c3ccccc3)cc2c2c(C)c(C=O)cc(C)c21. The molecule has 0 fully saturated rings. The predicted octanol–water partition coefficient (Wildman–Crippen LogP) is 5.46. The van der Waals surface area contributed by atoms with Crippen LogP contribution >= 0.6 is 0 Å². The Morgan fingerprint density at radius 1 is 1.07 bits per heavy atom. The fourth-order valence-corrected chi connectivity index (χ4v) is 3.93. The van der Waals surface area contributed by atoms with E-state index >= 15 is 0 Å². The van der Waals surface area contributed by atoms with Gasteiger partial charge in [0.1, 0.15) is 12.0 Å². The first kappa shape index (κ1) is 18.0. The second-order valence-corrected chi connectivity index (χ2v) is 6.93. The fraction of sp³-hybridized carbons (Fsp3) is 0.167. The van der Waals surface area contributed by atoms with Gasteiger partial charge in [0.15, 0.2) is 0 Å². The number of nitrogens with zero attached hydrogens (tertiary/aromatic N) is 1. The monoisotopic (exact) mass is 371 g/mol. The van der Waals surface area contributed by atoms with Gasteiger partial charge >= 0.3 is 5.97 Å². The maximum Gasteiger partial charge on any atom is 0.343 e. The number of benzene rings is 3. The molecule has 4 nitrogen and oxygen atoms in total. The number of aryl methyl sites for hydroxylation is 3. The lowest BCUT2D eigenvalue weighted by molar-refractivity contribution is 0.0735. The third kappa shape index (κ3) is 2.78. The highest BCUT2D eigenvalue weighted by atomic mass is 16.5. The van der Waals surface area contributed by atoms with E-state index in [9.17, 15) is 9.59 Å². The maximum atomic E-state index is 12.4. The molecule has 0 aliphatic rings. The van der Waals surface area contributed by atoms with E-state index < -0.39 is 0 Å². The topological polar surface area (TPSA) is 48.3 Å². The molecule has 4 heteroatoms. The highest BCUT2D eigenvalue weighted by molar-refractivity contribution is 6.13. The molecule has 0 atom stereocenters. The van der Waals surface area contributed by atoms with Crippen LogP contribution in [0.25, 0.3) is 21.8 Å². The Bertz CT molecular complexity index is 1220. The largest absolute Gasteiger partial charge is 0.423 e. The molecule has 0 bridgehead atoms. The average molecular weight is 371 g/mol. The summed E-state index contributed by atoms with van der Waals surface area (Å²) in [5, 5.41) is 2.02. The van der Waals surface area contributed by atoms with Crippen molar-refractivity contribution in [3.05, 3.63) is 76.9 Å². The Morgan fingerprint density at radius 2 is 1.82 bits per heavy atom. The first-order valence-corrected chi connectivity index (χ1v) is 9.33. The highest BCUT2D eigenvalue weighted by Gasteiger charge is 2.18. The van der Waals surface area contributed by atoms with Gasteiger partial charge in [0.2, 0.25) is 0 Å². The first-order valence-electron chi connectivity index (χ1n) is 9.33. The number of carbonyl (C=O) groups is 2. The van der Waals surface area contributed by atoms with Crippen LogP contribution in [0.2, 0.25) is 0 Å². The van der Waals surface area contributed by atoms with Gasteiger partial charge in [0.25, 0.3) is 0 Å². The summed E-state index contributed by atoms with van der Waals surface area (Å²) in [6.45, 7) is 6.90. The van der Waals surface area contributed by atoms with Crippen LogP contribution in [0.1, 0.15) is 38.8 Å². The van der Waals surface area contributed by atoms with Crippen LogP contribution in [0.3, 0.4) is 0 Å². The summed E-state index contributed by atoms with van der Waals surface area (Å²) >= 11 is 0. The van der Waals surface area contributed by atoms with E-state index in [4.69, 9.17) is 4.74 Å². The van der Waals surface area contributed by atoms with Gasteiger partial charge in [-0.3, -0.25) is 4.79 Å². The Kier molecular flexibility index (Phi) is 4.47. The van der Waals surface area contributed by atoms with Crippen molar-refractivity contribution in [2.45, 2.75) is 27.3 Å². The number of hydrogen-bond donors (Lipinski definition) is 0. The second-order valence-electron chi connectivity index (χ2n) is 6.93. The quantitative estimate of drug-likeness (QED) is 0.272. The standard InChI is InChI=1S/C24H21NO3/c1-4-25-21-11-10-19(28-24(27)17-8-6-5-7-9-17)13-20(21)22-16(3)18(14-26)12-15(2)23(22)25/h5-14H,4H2,1-3H3. The minimum absolute atomic E-state index is 0.388. The molecule has 0 unspecified atom stereocenters. The van der Waals surface area contributed by atoms with Gasteiger partial charge in [-0.25, -0.2) is 4.79 Å². The van der Waals surface area contributed by atoms with Crippen molar-refractivity contribution in [2.75, 3.05) is 0 Å². The van der Waals surface area contributed by atoms with Gasteiger partial charge in [-0.15, -0.1) is 0 Å². The predicted molar refractivity (Wildman–Crippen MR) is 111 cm³/mol. The zero-order chi connectivity index (χ0) is 19.8. The van der Waals surface area contributed by atoms with Crippen LogP contribution in [0.4, 0.5) is 0 Å². The number of rotatable bonds is 4. The summed E-state index contributed by atoms with van der Waals surface area (Å²) in [6.07, 6.45) is 0.899. The number of ether oxygens (including phenoxy) is 1. The minimum Gasteiger partial charge on any atom is -0.423 e. The number of hydrogen-bond acceptors (Lipinski definition) is 3. The van der Waals surface area contributed by atoms with Crippen molar-refractivity contribution in [1.82, 2.24) is 4.57 Å². The van der Waals surface area contributed by atoms with Crippen LogP contribution in [-0.2, 0) is 6.54 Å². The van der Waals surface area contributed by atoms with Crippen molar-refractivity contribution in [3.63, 3.8) is 0 Å². The van der Waals surface area contributed by atoms with Crippen molar-refractivity contribution < 1.29 is 14.3 Å². The third-order valence-electron chi connectivity index (χ3n) is 5.25. The summed E-state index contributed by atoms with van der Waals surface area (Å²) in [4.78, 5) is 24.0.